The highest BCUT2D eigenvalue weighted by Gasteiger charge is 2.36. The largest absolute Gasteiger partial charge is 0.417 e. The van der Waals surface area contributed by atoms with Crippen LogP contribution in [0, 0.1) is 0 Å². The molecule has 0 amide bonds. The fourth-order valence-corrected chi connectivity index (χ4v) is 4.85. The number of aryl methyl sites for hydroxylation is 1. The first kappa shape index (κ1) is 22.0. The third-order valence-corrected chi connectivity index (χ3v) is 11.3. The molecule has 0 bridgehead atoms. The summed E-state index contributed by atoms with van der Waals surface area (Å²) in [6, 6.07) is 7.99. The van der Waals surface area contributed by atoms with Crippen molar-refractivity contribution in [2.24, 2.45) is 0 Å². The van der Waals surface area contributed by atoms with Crippen LogP contribution >= 0.6 is 11.8 Å². The number of hydrogen-bond donors (Lipinski definition) is 0. The van der Waals surface area contributed by atoms with E-state index in [4.69, 9.17) is 9.41 Å². The average molecular weight is 456 g/mol. The maximum absolute atomic E-state index is 13.4. The molecule has 0 radical (unpaired) electrons. The van der Waals surface area contributed by atoms with Crippen molar-refractivity contribution >= 4 is 47.7 Å². The van der Waals surface area contributed by atoms with Crippen LogP contribution in [0.1, 0.15) is 27.2 Å². The van der Waals surface area contributed by atoms with Crippen molar-refractivity contribution in [3.05, 3.63) is 40.8 Å². The van der Waals surface area contributed by atoms with Crippen LogP contribution in [0.25, 0.3) is 27.6 Å². The van der Waals surface area contributed by atoms with Crippen LogP contribution in [0.4, 0.5) is 0 Å². The monoisotopic (exact) mass is 455 g/mol. The smallest absolute Gasteiger partial charge is 0.283 e. The van der Waals surface area contributed by atoms with E-state index in [1.165, 1.54) is 11.8 Å². The van der Waals surface area contributed by atoms with E-state index in [1.54, 1.807) is 10.7 Å². The summed E-state index contributed by atoms with van der Waals surface area (Å²) in [6.45, 7) is 12.6. The van der Waals surface area contributed by atoms with Gasteiger partial charge in [0, 0.05) is 24.7 Å². The van der Waals surface area contributed by atoms with E-state index in [-0.39, 0.29) is 10.6 Å². The molecule has 164 valence electrons. The molecule has 0 atom stereocenters. The van der Waals surface area contributed by atoms with Crippen molar-refractivity contribution in [3.63, 3.8) is 0 Å². The van der Waals surface area contributed by atoms with Gasteiger partial charge < -0.3 is 4.43 Å². The first-order valence-electron chi connectivity index (χ1n) is 10.5. The van der Waals surface area contributed by atoms with Crippen LogP contribution in [0.2, 0.25) is 18.1 Å². The number of benzene rings is 1. The lowest BCUT2D eigenvalue weighted by Gasteiger charge is -2.36. The molecule has 0 fully saturated rings. The zero-order valence-corrected chi connectivity index (χ0v) is 20.8. The number of hydrogen-bond acceptors (Lipinski definition) is 6. The van der Waals surface area contributed by atoms with Crippen molar-refractivity contribution in [1.29, 1.82) is 0 Å². The van der Waals surface area contributed by atoms with Gasteiger partial charge in [0.2, 0.25) is 0 Å². The minimum atomic E-state index is -1.80. The highest BCUT2D eigenvalue weighted by molar-refractivity contribution is 7.98. The SMILES string of the molecule is CSc1ncc2c(=O)n3c(nc2n1)c1ccccc1n3CCCO[Si](C)(C)C(C)(C)C. The molecule has 0 N–H and O–H groups in total. The van der Waals surface area contributed by atoms with E-state index in [0.717, 1.165) is 17.3 Å². The van der Waals surface area contributed by atoms with Crippen LogP contribution in [0.5, 0.6) is 0 Å². The van der Waals surface area contributed by atoms with Gasteiger partial charge in [0.05, 0.1) is 5.52 Å². The fourth-order valence-electron chi connectivity index (χ4n) is 3.42. The zero-order chi connectivity index (χ0) is 22.4. The Kier molecular flexibility index (Phi) is 5.69. The van der Waals surface area contributed by atoms with Gasteiger partial charge in [0.1, 0.15) is 5.39 Å². The first-order valence-corrected chi connectivity index (χ1v) is 14.6. The van der Waals surface area contributed by atoms with Crippen LogP contribution in [-0.2, 0) is 11.0 Å². The molecule has 7 nitrogen and oxygen atoms in total. The molecule has 31 heavy (non-hydrogen) atoms. The Morgan fingerprint density at radius 2 is 1.87 bits per heavy atom. The molecule has 0 saturated carbocycles. The molecular formula is C22H29N5O2SSi. The number of nitrogens with zero attached hydrogens (tertiary/aromatic N) is 5. The summed E-state index contributed by atoms with van der Waals surface area (Å²) in [7, 11) is -1.80. The normalized spacial score (nSPS) is 13.0. The van der Waals surface area contributed by atoms with E-state index in [9.17, 15) is 4.79 Å². The Hall–Kier alpha value is -2.23. The second-order valence-electron chi connectivity index (χ2n) is 9.25. The van der Waals surface area contributed by atoms with Crippen molar-refractivity contribution < 1.29 is 4.43 Å². The van der Waals surface area contributed by atoms with Crippen LogP contribution < -0.4 is 5.56 Å². The van der Waals surface area contributed by atoms with Gasteiger partial charge in [-0.1, -0.05) is 44.7 Å². The topological polar surface area (TPSA) is 74.3 Å². The van der Waals surface area contributed by atoms with E-state index in [0.29, 0.717) is 35.0 Å². The molecule has 0 aliphatic rings. The minimum Gasteiger partial charge on any atom is -0.417 e. The molecule has 0 saturated heterocycles. The van der Waals surface area contributed by atoms with Gasteiger partial charge >= 0.3 is 0 Å². The molecule has 9 heteroatoms. The van der Waals surface area contributed by atoms with Gasteiger partial charge in [-0.05, 0) is 42.9 Å². The molecular weight excluding hydrogens is 426 g/mol. The summed E-state index contributed by atoms with van der Waals surface area (Å²) < 4.78 is 10.0. The lowest BCUT2D eigenvalue weighted by atomic mass is 10.2. The lowest BCUT2D eigenvalue weighted by molar-refractivity contribution is 0.272. The van der Waals surface area contributed by atoms with Crippen LogP contribution in [-0.4, -0.2) is 45.3 Å². The predicted molar refractivity (Wildman–Crippen MR) is 130 cm³/mol. The predicted octanol–water partition coefficient (Wildman–Crippen LogP) is 4.73. The van der Waals surface area contributed by atoms with Gasteiger partial charge in [-0.3, -0.25) is 9.48 Å². The molecule has 3 heterocycles. The van der Waals surface area contributed by atoms with Gasteiger partial charge in [-0.25, -0.2) is 15.0 Å². The van der Waals surface area contributed by atoms with Gasteiger partial charge in [-0.2, -0.15) is 4.52 Å². The first-order chi connectivity index (χ1) is 14.6. The molecule has 1 aromatic carbocycles. The van der Waals surface area contributed by atoms with E-state index in [2.05, 4.69) is 43.8 Å². The quantitative estimate of drug-likeness (QED) is 0.181. The Morgan fingerprint density at radius 1 is 1.13 bits per heavy atom. The average Bonchev–Trinajstić information content (AvgIpc) is 3.04. The minimum absolute atomic E-state index is 0.144. The summed E-state index contributed by atoms with van der Waals surface area (Å²) in [6.07, 6.45) is 4.30. The standard InChI is InChI=1S/C22H29N5O2SSi/c1-22(2,3)31(5,6)29-13-9-12-26-17-11-8-7-10-15(17)19-24-18-16(20(28)27(19)26)14-23-21(25-18)30-4/h7-8,10-11,14H,9,12-13H2,1-6H3. The maximum atomic E-state index is 13.4. The number of thioether (sulfide) groups is 1. The van der Waals surface area contributed by atoms with Crippen molar-refractivity contribution in [2.75, 3.05) is 12.9 Å². The molecule has 0 spiro atoms. The molecule has 3 aromatic heterocycles. The zero-order valence-electron chi connectivity index (χ0n) is 19.0. The number of fused-ring (bicyclic) bond motifs is 4. The summed E-state index contributed by atoms with van der Waals surface area (Å²) >= 11 is 1.43. The van der Waals surface area contributed by atoms with Gasteiger partial charge in [-0.15, -0.1) is 0 Å². The Bertz CT molecular complexity index is 1320. The highest BCUT2D eigenvalue weighted by Crippen LogP contribution is 2.36. The van der Waals surface area contributed by atoms with Gasteiger partial charge in [0.15, 0.2) is 24.8 Å². The van der Waals surface area contributed by atoms with E-state index < -0.39 is 8.32 Å². The molecule has 0 aliphatic carbocycles. The third-order valence-electron chi connectivity index (χ3n) is 6.21. The fraction of sp³-hybridized carbons (Fsp3) is 0.455. The number of para-hydroxylation sites is 1. The Labute approximate surface area is 187 Å². The molecule has 0 unspecified atom stereocenters. The van der Waals surface area contributed by atoms with Gasteiger partial charge in [0.25, 0.3) is 5.56 Å². The number of rotatable bonds is 6. The summed E-state index contributed by atoms with van der Waals surface area (Å²) in [5.74, 6) is 0. The van der Waals surface area contributed by atoms with Crippen LogP contribution in [0.3, 0.4) is 0 Å². The molecule has 4 aromatic rings. The highest BCUT2D eigenvalue weighted by atomic mass is 32.2. The van der Waals surface area contributed by atoms with E-state index >= 15 is 0 Å². The second kappa shape index (κ2) is 8.03. The Balaban J connectivity index is 1.76. The molecule has 4 rings (SSSR count). The lowest BCUT2D eigenvalue weighted by Crippen LogP contribution is -2.41. The summed E-state index contributed by atoms with van der Waals surface area (Å²) in [5, 5.41) is 2.15. The Morgan fingerprint density at radius 3 is 2.58 bits per heavy atom. The van der Waals surface area contributed by atoms with Crippen molar-refractivity contribution in [1.82, 2.24) is 24.1 Å². The summed E-state index contributed by atoms with van der Waals surface area (Å²) in [5.41, 5.74) is 1.90. The van der Waals surface area contributed by atoms with Crippen LogP contribution in [0.15, 0.2) is 40.4 Å². The van der Waals surface area contributed by atoms with Crippen molar-refractivity contribution in [3.8, 4) is 0 Å². The maximum Gasteiger partial charge on any atom is 0.283 e. The second-order valence-corrected chi connectivity index (χ2v) is 14.8. The van der Waals surface area contributed by atoms with E-state index in [1.807, 2.05) is 35.2 Å². The molecule has 0 aliphatic heterocycles. The number of aromatic nitrogens is 5. The summed E-state index contributed by atoms with van der Waals surface area (Å²) in [4.78, 5) is 26.9. The third kappa shape index (κ3) is 3.90. The van der Waals surface area contributed by atoms with Crippen molar-refractivity contribution in [2.45, 2.75) is 57.0 Å².